The Labute approximate surface area is 238 Å². The van der Waals surface area contributed by atoms with Gasteiger partial charge in [0.25, 0.3) is 5.91 Å². The second-order valence-corrected chi connectivity index (χ2v) is 10.9. The highest BCUT2D eigenvalue weighted by atomic mass is 32.1. The topological polar surface area (TPSA) is 111 Å². The first-order chi connectivity index (χ1) is 19.6. The summed E-state index contributed by atoms with van der Waals surface area (Å²) in [6.45, 7) is 3.80. The first kappa shape index (κ1) is 29.4. The average Bonchev–Trinajstić information content (AvgIpc) is 3.42. The number of nitrogens with zero attached hydrogens (tertiary/aromatic N) is 1. The molecule has 1 aliphatic rings. The number of dihydropyridines is 1. The number of hydrogen-bond donors (Lipinski definition) is 3. The molecule has 3 aromatic rings. The molecule has 41 heavy (non-hydrogen) atoms. The lowest BCUT2D eigenvalue weighted by Gasteiger charge is -2.29. The number of allylic oxidation sites excluding steroid dienone is 2. The van der Waals surface area contributed by atoms with E-state index in [1.807, 2.05) is 13.8 Å². The van der Waals surface area contributed by atoms with E-state index in [1.165, 1.54) is 36.4 Å². The third kappa shape index (κ3) is 6.96. The number of carbonyl (C=O) groups is 2. The van der Waals surface area contributed by atoms with Crippen LogP contribution in [0.2, 0.25) is 0 Å². The van der Waals surface area contributed by atoms with Crippen molar-refractivity contribution in [3.8, 4) is 6.07 Å². The number of amides is 1. The molecule has 1 aromatic heterocycles. The third-order valence-corrected chi connectivity index (χ3v) is 7.39. The molecule has 11 heteroatoms. The van der Waals surface area contributed by atoms with Crippen molar-refractivity contribution in [1.29, 1.82) is 5.26 Å². The zero-order chi connectivity index (χ0) is 29.7. The van der Waals surface area contributed by atoms with Crippen LogP contribution in [0.1, 0.15) is 51.9 Å². The molecule has 0 saturated heterocycles. The quantitative estimate of drug-likeness (QED) is 0.266. The number of ether oxygens (including phenoxy) is 1. The molecule has 0 saturated carbocycles. The number of nitrogens with one attached hydrogen (secondary N) is 2. The predicted octanol–water partition coefficient (Wildman–Crippen LogP) is 6.12. The maximum absolute atomic E-state index is 13.5. The van der Waals surface area contributed by atoms with Crippen LogP contribution >= 0.6 is 11.3 Å². The predicted molar refractivity (Wildman–Crippen MR) is 146 cm³/mol. The summed E-state index contributed by atoms with van der Waals surface area (Å²) in [6.07, 6.45) is 0.433. The number of rotatable bonds is 10. The minimum Gasteiger partial charge on any atom is -0.478 e. The van der Waals surface area contributed by atoms with Crippen LogP contribution in [0.5, 0.6) is 0 Å². The van der Waals surface area contributed by atoms with Crippen molar-refractivity contribution in [3.63, 3.8) is 0 Å². The molecule has 3 N–H and O–H groups in total. The van der Waals surface area contributed by atoms with Gasteiger partial charge in [-0.15, -0.1) is 11.3 Å². The normalized spacial score (nSPS) is 15.0. The summed E-state index contributed by atoms with van der Waals surface area (Å²) < 4.78 is 45.9. The highest BCUT2D eigenvalue weighted by Gasteiger charge is 2.38. The van der Waals surface area contributed by atoms with Crippen molar-refractivity contribution < 1.29 is 32.6 Å². The number of hydrogen-bond acceptors (Lipinski definition) is 6. The van der Waals surface area contributed by atoms with Gasteiger partial charge in [-0.25, -0.2) is 18.0 Å². The molecule has 1 atom stereocenters. The molecule has 1 unspecified atom stereocenters. The van der Waals surface area contributed by atoms with Gasteiger partial charge < -0.3 is 20.5 Å². The SMILES string of the molecule is CC(C)CC1=C(C#N)C(c2ccc(C(=O)NCc3ccc(F)c(F)c3)s2)C(C(=O)O)=C(OCc2ccc(F)cc2)N1. The molecule has 7 nitrogen and oxygen atoms in total. The second-order valence-electron chi connectivity index (χ2n) is 9.76. The molecule has 1 aliphatic heterocycles. The van der Waals surface area contributed by atoms with E-state index in [-0.39, 0.29) is 41.0 Å². The molecule has 2 heterocycles. The van der Waals surface area contributed by atoms with Crippen LogP contribution in [0.4, 0.5) is 13.2 Å². The molecule has 212 valence electrons. The summed E-state index contributed by atoms with van der Waals surface area (Å²) in [6, 6.07) is 14.1. The summed E-state index contributed by atoms with van der Waals surface area (Å²) >= 11 is 1.01. The largest absolute Gasteiger partial charge is 0.478 e. The lowest BCUT2D eigenvalue weighted by Crippen LogP contribution is -2.31. The van der Waals surface area contributed by atoms with Gasteiger partial charge in [0.15, 0.2) is 11.6 Å². The summed E-state index contributed by atoms with van der Waals surface area (Å²) in [5.74, 6) is -5.20. The Hall–Kier alpha value is -4.56. The summed E-state index contributed by atoms with van der Waals surface area (Å²) in [5.41, 5.74) is 1.47. The zero-order valence-electron chi connectivity index (χ0n) is 22.1. The van der Waals surface area contributed by atoms with E-state index in [9.17, 15) is 33.1 Å². The van der Waals surface area contributed by atoms with Gasteiger partial charge in [-0.05, 0) is 59.9 Å². The number of nitriles is 1. The molecule has 2 aromatic carbocycles. The minimum absolute atomic E-state index is 0.0424. The fourth-order valence-corrected chi connectivity index (χ4v) is 5.37. The van der Waals surface area contributed by atoms with Crippen molar-refractivity contribution in [1.82, 2.24) is 10.6 Å². The molecule has 0 bridgehead atoms. The van der Waals surface area contributed by atoms with Crippen LogP contribution in [0, 0.1) is 34.7 Å². The monoisotopic (exact) mass is 581 g/mol. The van der Waals surface area contributed by atoms with Crippen molar-refractivity contribution in [2.75, 3.05) is 0 Å². The molecule has 4 rings (SSSR count). The van der Waals surface area contributed by atoms with Crippen molar-refractivity contribution in [3.05, 3.63) is 116 Å². The first-order valence-electron chi connectivity index (χ1n) is 12.6. The minimum atomic E-state index is -1.31. The fraction of sp³-hybridized carbons (Fsp3) is 0.233. The standard InChI is InChI=1S/C30H26F3N3O4S/c1-16(2)11-23-20(13-34)26(27(30(38)39)29(36-23)40-15-17-3-6-19(31)7-4-17)24-9-10-25(41-24)28(37)35-14-18-5-8-21(32)22(33)12-18/h3-10,12,16,26,36H,11,14-15H2,1-2H3,(H,35,37)(H,38,39). The third-order valence-electron chi connectivity index (χ3n) is 6.24. The Morgan fingerprint density at radius 2 is 1.78 bits per heavy atom. The smallest absolute Gasteiger partial charge is 0.338 e. The Morgan fingerprint density at radius 1 is 1.07 bits per heavy atom. The van der Waals surface area contributed by atoms with Gasteiger partial charge in [-0.2, -0.15) is 5.26 Å². The molecule has 0 radical (unpaired) electrons. The molecular weight excluding hydrogens is 555 g/mol. The highest BCUT2D eigenvalue weighted by Crippen LogP contribution is 2.42. The van der Waals surface area contributed by atoms with Crippen LogP contribution < -0.4 is 10.6 Å². The second kappa shape index (κ2) is 12.7. The highest BCUT2D eigenvalue weighted by molar-refractivity contribution is 7.14. The summed E-state index contributed by atoms with van der Waals surface area (Å²) in [5, 5.41) is 26.0. The Bertz CT molecular complexity index is 1570. The lowest BCUT2D eigenvalue weighted by molar-refractivity contribution is -0.133. The Balaban J connectivity index is 1.65. The van der Waals surface area contributed by atoms with E-state index >= 15 is 0 Å². The van der Waals surface area contributed by atoms with Gasteiger partial charge in [-0.3, -0.25) is 4.79 Å². The van der Waals surface area contributed by atoms with E-state index < -0.39 is 35.2 Å². The van der Waals surface area contributed by atoms with Crippen molar-refractivity contribution >= 4 is 23.2 Å². The average molecular weight is 582 g/mol. The van der Waals surface area contributed by atoms with Gasteiger partial charge in [0.1, 0.15) is 18.0 Å². The van der Waals surface area contributed by atoms with Crippen LogP contribution in [0.3, 0.4) is 0 Å². The fourth-order valence-electron chi connectivity index (χ4n) is 4.33. The van der Waals surface area contributed by atoms with Crippen LogP contribution in [-0.4, -0.2) is 17.0 Å². The number of halogens is 3. The molecule has 1 amide bonds. The van der Waals surface area contributed by atoms with E-state index in [2.05, 4.69) is 16.7 Å². The summed E-state index contributed by atoms with van der Waals surface area (Å²) in [4.78, 5) is 26.1. The summed E-state index contributed by atoms with van der Waals surface area (Å²) in [7, 11) is 0. The number of carboxylic acid groups (broad SMARTS) is 1. The number of thiophene rings is 1. The van der Waals surface area contributed by atoms with Gasteiger partial charge in [-0.1, -0.05) is 32.0 Å². The number of benzene rings is 2. The maximum atomic E-state index is 13.5. The van der Waals surface area contributed by atoms with Crippen LogP contribution in [0.25, 0.3) is 0 Å². The Kier molecular flexibility index (Phi) is 9.14. The van der Waals surface area contributed by atoms with Crippen LogP contribution in [0.15, 0.2) is 77.3 Å². The lowest BCUT2D eigenvalue weighted by atomic mass is 9.84. The molecule has 0 aliphatic carbocycles. The van der Waals surface area contributed by atoms with Crippen molar-refractivity contribution in [2.24, 2.45) is 5.92 Å². The number of carboxylic acids is 1. The van der Waals surface area contributed by atoms with Gasteiger partial charge in [0.05, 0.1) is 22.4 Å². The van der Waals surface area contributed by atoms with Gasteiger partial charge in [0, 0.05) is 17.1 Å². The van der Waals surface area contributed by atoms with E-state index in [4.69, 9.17) is 4.74 Å². The maximum Gasteiger partial charge on any atom is 0.338 e. The number of aliphatic carboxylic acids is 1. The molecular formula is C30H26F3N3O4S. The van der Waals surface area contributed by atoms with Gasteiger partial charge >= 0.3 is 5.97 Å². The van der Waals surface area contributed by atoms with Gasteiger partial charge in [0.2, 0.25) is 5.88 Å². The number of carbonyl (C=O) groups excluding carboxylic acids is 1. The first-order valence-corrected chi connectivity index (χ1v) is 13.5. The zero-order valence-corrected chi connectivity index (χ0v) is 22.9. The van der Waals surface area contributed by atoms with E-state index in [1.54, 1.807) is 6.07 Å². The molecule has 0 fully saturated rings. The van der Waals surface area contributed by atoms with E-state index in [0.717, 1.165) is 23.5 Å². The Morgan fingerprint density at radius 3 is 2.41 bits per heavy atom. The van der Waals surface area contributed by atoms with E-state index in [0.29, 0.717) is 28.1 Å². The molecule has 0 spiro atoms. The van der Waals surface area contributed by atoms with Crippen LogP contribution in [-0.2, 0) is 22.7 Å². The van der Waals surface area contributed by atoms with Crippen molar-refractivity contribution in [2.45, 2.75) is 39.3 Å².